The molecule has 1 aromatic heterocycles. The zero-order valence-corrected chi connectivity index (χ0v) is 12.0. The number of nitrogens with zero attached hydrogens (tertiary/aromatic N) is 2. The van der Waals surface area contributed by atoms with Crippen LogP contribution < -0.4 is 10.6 Å². The topological polar surface area (TPSA) is 51.4 Å². The van der Waals surface area contributed by atoms with Gasteiger partial charge in [-0.25, -0.2) is 0 Å². The van der Waals surface area contributed by atoms with E-state index >= 15 is 0 Å². The van der Waals surface area contributed by atoms with Crippen LogP contribution in [0.4, 0.5) is 5.69 Å². The van der Waals surface area contributed by atoms with Crippen molar-refractivity contribution in [1.29, 1.82) is 0 Å². The van der Waals surface area contributed by atoms with Crippen LogP contribution in [-0.2, 0) is 4.74 Å². The van der Waals surface area contributed by atoms with E-state index in [2.05, 4.69) is 28.9 Å². The van der Waals surface area contributed by atoms with Gasteiger partial charge in [0.05, 0.1) is 24.2 Å². The number of anilines is 1. The second-order valence-corrected chi connectivity index (χ2v) is 5.37. The van der Waals surface area contributed by atoms with Crippen molar-refractivity contribution < 1.29 is 4.74 Å². The lowest BCUT2D eigenvalue weighted by atomic mass is 9.98. The fourth-order valence-electron chi connectivity index (χ4n) is 2.68. The van der Waals surface area contributed by atoms with E-state index in [1.54, 1.807) is 7.11 Å². The van der Waals surface area contributed by atoms with Crippen LogP contribution in [0.2, 0.25) is 0 Å². The first-order chi connectivity index (χ1) is 9.24. The second kappa shape index (κ2) is 6.87. The molecular weight excluding hydrogens is 238 g/mol. The number of rotatable bonds is 5. The quantitative estimate of drug-likeness (QED) is 0.886. The first kappa shape index (κ1) is 14.3. The molecule has 4 heteroatoms. The van der Waals surface area contributed by atoms with Crippen molar-refractivity contribution in [3.63, 3.8) is 0 Å². The Morgan fingerprint density at radius 1 is 1.53 bits per heavy atom. The van der Waals surface area contributed by atoms with Gasteiger partial charge in [0, 0.05) is 26.2 Å². The Bertz CT molecular complexity index is 377. The summed E-state index contributed by atoms with van der Waals surface area (Å²) in [5.74, 6) is 0.635. The molecule has 2 atom stereocenters. The normalized spacial score (nSPS) is 21.4. The zero-order valence-electron chi connectivity index (χ0n) is 12.0. The molecule has 1 aromatic rings. The number of ether oxygens (including phenoxy) is 1. The summed E-state index contributed by atoms with van der Waals surface area (Å²) in [7, 11) is 1.78. The molecule has 4 nitrogen and oxygen atoms in total. The summed E-state index contributed by atoms with van der Waals surface area (Å²) in [6, 6.07) is 4.26. The standard InChI is InChI=1S/C15H25N3O/c1-3-14(16)15-7-6-13(9-17-15)18-8-4-5-12(10-18)11-19-2/h6-7,9,12,14H,3-5,8,10-11,16H2,1-2H3/t12?,14-/m0/s1. The molecule has 2 rings (SSSR count). The molecule has 1 aliphatic heterocycles. The number of hydrogen-bond donors (Lipinski definition) is 1. The molecule has 0 spiro atoms. The van der Waals surface area contributed by atoms with E-state index in [0.717, 1.165) is 31.8 Å². The maximum absolute atomic E-state index is 5.99. The SMILES string of the molecule is CC[C@H](N)c1ccc(N2CCCC(COC)C2)cn1. The predicted octanol–water partition coefficient (Wildman–Crippen LogP) is 2.35. The van der Waals surface area contributed by atoms with Crippen molar-refractivity contribution in [2.75, 3.05) is 31.7 Å². The fraction of sp³-hybridized carbons (Fsp3) is 0.667. The molecule has 19 heavy (non-hydrogen) atoms. The van der Waals surface area contributed by atoms with E-state index < -0.39 is 0 Å². The molecule has 1 saturated heterocycles. The van der Waals surface area contributed by atoms with Crippen molar-refractivity contribution in [1.82, 2.24) is 4.98 Å². The van der Waals surface area contributed by atoms with Gasteiger partial charge in [-0.2, -0.15) is 0 Å². The van der Waals surface area contributed by atoms with Gasteiger partial charge in [-0.15, -0.1) is 0 Å². The van der Waals surface area contributed by atoms with Crippen molar-refractivity contribution in [3.8, 4) is 0 Å². The summed E-state index contributed by atoms with van der Waals surface area (Å²) in [5.41, 5.74) is 8.18. The smallest absolute Gasteiger partial charge is 0.0572 e. The van der Waals surface area contributed by atoms with Gasteiger partial charge in [-0.1, -0.05) is 6.92 Å². The van der Waals surface area contributed by atoms with E-state index in [-0.39, 0.29) is 6.04 Å². The van der Waals surface area contributed by atoms with Crippen LogP contribution in [0.15, 0.2) is 18.3 Å². The third-order valence-corrected chi connectivity index (χ3v) is 3.88. The van der Waals surface area contributed by atoms with Gasteiger partial charge in [-0.3, -0.25) is 4.98 Å². The molecule has 1 aliphatic rings. The van der Waals surface area contributed by atoms with Gasteiger partial charge in [0.1, 0.15) is 0 Å². The Kier molecular flexibility index (Phi) is 5.16. The van der Waals surface area contributed by atoms with Crippen molar-refractivity contribution in [2.24, 2.45) is 11.7 Å². The number of aromatic nitrogens is 1. The summed E-state index contributed by atoms with van der Waals surface area (Å²) in [6.45, 7) is 5.11. The average molecular weight is 263 g/mol. The zero-order chi connectivity index (χ0) is 13.7. The van der Waals surface area contributed by atoms with Crippen LogP contribution in [0.3, 0.4) is 0 Å². The van der Waals surface area contributed by atoms with Crippen LogP contribution in [-0.4, -0.2) is 31.8 Å². The Balaban J connectivity index is 2.01. The van der Waals surface area contributed by atoms with Crippen LogP contribution in [0.5, 0.6) is 0 Å². The highest BCUT2D eigenvalue weighted by Crippen LogP contribution is 2.23. The molecule has 106 valence electrons. The molecule has 0 aliphatic carbocycles. The largest absolute Gasteiger partial charge is 0.384 e. The second-order valence-electron chi connectivity index (χ2n) is 5.37. The molecule has 2 heterocycles. The summed E-state index contributed by atoms with van der Waals surface area (Å²) >= 11 is 0. The first-order valence-corrected chi connectivity index (χ1v) is 7.20. The van der Waals surface area contributed by atoms with Gasteiger partial charge in [0.15, 0.2) is 0 Å². The van der Waals surface area contributed by atoms with Gasteiger partial charge in [0.25, 0.3) is 0 Å². The average Bonchev–Trinajstić information content (AvgIpc) is 2.47. The molecule has 0 radical (unpaired) electrons. The van der Waals surface area contributed by atoms with Gasteiger partial charge < -0.3 is 15.4 Å². The summed E-state index contributed by atoms with van der Waals surface area (Å²) in [4.78, 5) is 6.90. The van der Waals surface area contributed by atoms with Crippen molar-refractivity contribution >= 4 is 5.69 Å². The van der Waals surface area contributed by atoms with E-state index in [4.69, 9.17) is 10.5 Å². The number of methoxy groups -OCH3 is 1. The number of nitrogens with two attached hydrogens (primary N) is 1. The first-order valence-electron chi connectivity index (χ1n) is 7.20. The molecule has 0 amide bonds. The van der Waals surface area contributed by atoms with Gasteiger partial charge >= 0.3 is 0 Å². The molecule has 1 unspecified atom stereocenters. The van der Waals surface area contributed by atoms with Crippen molar-refractivity contribution in [3.05, 3.63) is 24.0 Å². The lowest BCUT2D eigenvalue weighted by molar-refractivity contribution is 0.143. The highest BCUT2D eigenvalue weighted by atomic mass is 16.5. The van der Waals surface area contributed by atoms with E-state index in [1.165, 1.54) is 18.5 Å². The third-order valence-electron chi connectivity index (χ3n) is 3.88. The minimum Gasteiger partial charge on any atom is -0.384 e. The molecule has 1 fully saturated rings. The van der Waals surface area contributed by atoms with Crippen LogP contribution in [0.1, 0.15) is 37.9 Å². The Morgan fingerprint density at radius 3 is 3.00 bits per heavy atom. The van der Waals surface area contributed by atoms with E-state index in [1.807, 2.05) is 6.20 Å². The lowest BCUT2D eigenvalue weighted by Gasteiger charge is -2.34. The highest BCUT2D eigenvalue weighted by molar-refractivity contribution is 5.45. The molecule has 0 bridgehead atoms. The predicted molar refractivity (Wildman–Crippen MR) is 78.3 cm³/mol. The van der Waals surface area contributed by atoms with Gasteiger partial charge in [-0.05, 0) is 37.3 Å². The van der Waals surface area contributed by atoms with E-state index in [9.17, 15) is 0 Å². The maximum atomic E-state index is 5.99. The Morgan fingerprint density at radius 2 is 2.37 bits per heavy atom. The van der Waals surface area contributed by atoms with Gasteiger partial charge in [0.2, 0.25) is 0 Å². The van der Waals surface area contributed by atoms with E-state index in [0.29, 0.717) is 5.92 Å². The highest BCUT2D eigenvalue weighted by Gasteiger charge is 2.20. The third kappa shape index (κ3) is 3.67. The van der Waals surface area contributed by atoms with Crippen molar-refractivity contribution in [2.45, 2.75) is 32.2 Å². The molecular formula is C15H25N3O. The minimum absolute atomic E-state index is 0.0524. The Hall–Kier alpha value is -1.13. The number of hydrogen-bond acceptors (Lipinski definition) is 4. The molecule has 2 N–H and O–H groups in total. The fourth-order valence-corrected chi connectivity index (χ4v) is 2.68. The number of pyridine rings is 1. The Labute approximate surface area is 116 Å². The molecule has 0 aromatic carbocycles. The summed E-state index contributed by atoms with van der Waals surface area (Å²) < 4.78 is 5.27. The maximum Gasteiger partial charge on any atom is 0.0572 e. The van der Waals surface area contributed by atoms with Crippen LogP contribution in [0.25, 0.3) is 0 Å². The van der Waals surface area contributed by atoms with Crippen LogP contribution in [0, 0.1) is 5.92 Å². The number of piperidine rings is 1. The summed E-state index contributed by atoms with van der Waals surface area (Å²) in [6.07, 6.45) is 5.37. The monoisotopic (exact) mass is 263 g/mol. The van der Waals surface area contributed by atoms with Crippen LogP contribution >= 0.6 is 0 Å². The minimum atomic E-state index is 0.0524. The molecule has 0 saturated carbocycles. The summed E-state index contributed by atoms with van der Waals surface area (Å²) in [5, 5.41) is 0. The lowest BCUT2D eigenvalue weighted by Crippen LogP contribution is -2.37.